The summed E-state index contributed by atoms with van der Waals surface area (Å²) in [7, 11) is 0. The fraction of sp³-hybridized carbons (Fsp3) is 0.400. The van der Waals surface area contributed by atoms with Crippen molar-refractivity contribution >= 4 is 35.1 Å². The van der Waals surface area contributed by atoms with Crippen LogP contribution in [0.25, 0.3) is 0 Å². The molecule has 0 aliphatic carbocycles. The second-order valence-electron chi connectivity index (χ2n) is 2.05. The van der Waals surface area contributed by atoms with Crippen molar-refractivity contribution in [1.82, 2.24) is 8.75 Å². The lowest BCUT2D eigenvalue weighted by Gasteiger charge is -1.98. The number of nitrogens with one attached hydrogen (secondary N) is 1. The van der Waals surface area contributed by atoms with E-state index in [1.807, 2.05) is 0 Å². The van der Waals surface area contributed by atoms with Gasteiger partial charge in [-0.25, -0.2) is 0 Å². The molecule has 1 aromatic heterocycles. The monoisotopic (exact) mass is 206 g/mol. The van der Waals surface area contributed by atoms with Gasteiger partial charge in [-0.2, -0.15) is 8.75 Å². The first kappa shape index (κ1) is 9.21. The smallest absolute Gasteiger partial charge is 0.219 e. The van der Waals surface area contributed by atoms with Crippen LogP contribution in [-0.4, -0.2) is 21.2 Å². The molecule has 0 spiro atoms. The number of nitrogens with zero attached hydrogens (tertiary/aromatic N) is 2. The van der Waals surface area contributed by atoms with Crippen molar-refractivity contribution in [3.8, 4) is 0 Å². The third-order valence-electron chi connectivity index (χ3n) is 1.11. The SMILES string of the molecule is NC(=O)CCNc1nsnc1Cl. The molecule has 3 N–H and O–H groups in total. The van der Waals surface area contributed by atoms with E-state index in [2.05, 4.69) is 14.1 Å². The van der Waals surface area contributed by atoms with Crippen molar-refractivity contribution in [3.63, 3.8) is 0 Å². The number of primary amides is 1. The number of aromatic nitrogens is 2. The average Bonchev–Trinajstić information content (AvgIpc) is 2.36. The molecule has 0 bridgehead atoms. The summed E-state index contributed by atoms with van der Waals surface area (Å²) in [5.74, 6) is 0.143. The van der Waals surface area contributed by atoms with Crippen LogP contribution in [0.1, 0.15) is 6.42 Å². The Labute approximate surface area is 78.2 Å². The van der Waals surface area contributed by atoms with Crippen molar-refractivity contribution in [2.45, 2.75) is 6.42 Å². The number of halogens is 1. The highest BCUT2D eigenvalue weighted by Gasteiger charge is 2.03. The fourth-order valence-corrected chi connectivity index (χ4v) is 1.27. The Morgan fingerprint density at radius 3 is 2.92 bits per heavy atom. The number of nitrogens with two attached hydrogens (primary N) is 1. The Morgan fingerprint density at radius 2 is 2.42 bits per heavy atom. The zero-order chi connectivity index (χ0) is 8.97. The summed E-state index contributed by atoms with van der Waals surface area (Å²) in [6, 6.07) is 0. The molecular formula is C5H7ClN4OS. The molecule has 0 saturated heterocycles. The van der Waals surface area contributed by atoms with Gasteiger partial charge in [-0.15, -0.1) is 0 Å². The molecule has 0 aromatic carbocycles. The van der Waals surface area contributed by atoms with Crippen molar-refractivity contribution in [3.05, 3.63) is 5.15 Å². The van der Waals surface area contributed by atoms with E-state index in [0.717, 1.165) is 11.7 Å². The van der Waals surface area contributed by atoms with E-state index in [1.54, 1.807) is 0 Å². The maximum Gasteiger partial charge on any atom is 0.219 e. The first-order valence-corrected chi connectivity index (χ1v) is 4.31. The highest BCUT2D eigenvalue weighted by Crippen LogP contribution is 2.17. The quantitative estimate of drug-likeness (QED) is 0.751. The molecule has 0 atom stereocenters. The first-order chi connectivity index (χ1) is 5.70. The molecule has 1 aromatic rings. The van der Waals surface area contributed by atoms with E-state index in [4.69, 9.17) is 17.3 Å². The first-order valence-electron chi connectivity index (χ1n) is 3.20. The van der Waals surface area contributed by atoms with E-state index in [1.165, 1.54) is 0 Å². The number of hydrogen-bond donors (Lipinski definition) is 2. The van der Waals surface area contributed by atoms with Crippen molar-refractivity contribution < 1.29 is 4.79 Å². The van der Waals surface area contributed by atoms with Gasteiger partial charge >= 0.3 is 0 Å². The lowest BCUT2D eigenvalue weighted by molar-refractivity contribution is -0.117. The normalized spacial score (nSPS) is 9.75. The summed E-state index contributed by atoms with van der Waals surface area (Å²) in [5.41, 5.74) is 4.92. The van der Waals surface area contributed by atoms with Crippen molar-refractivity contribution in [2.75, 3.05) is 11.9 Å². The van der Waals surface area contributed by atoms with Gasteiger partial charge in [-0.3, -0.25) is 4.79 Å². The summed E-state index contributed by atoms with van der Waals surface area (Å²) in [6.45, 7) is 0.431. The maximum atomic E-state index is 10.3. The highest BCUT2D eigenvalue weighted by molar-refractivity contribution is 6.99. The number of rotatable bonds is 4. The molecule has 0 unspecified atom stereocenters. The van der Waals surface area contributed by atoms with Crippen molar-refractivity contribution in [1.29, 1.82) is 0 Å². The van der Waals surface area contributed by atoms with Crippen LogP contribution in [0.2, 0.25) is 5.15 Å². The van der Waals surface area contributed by atoms with Gasteiger partial charge in [0, 0.05) is 13.0 Å². The Kier molecular flexibility index (Phi) is 3.24. The van der Waals surface area contributed by atoms with Gasteiger partial charge in [-0.05, 0) is 0 Å². The second-order valence-corrected chi connectivity index (χ2v) is 2.93. The van der Waals surface area contributed by atoms with Gasteiger partial charge in [0.25, 0.3) is 0 Å². The highest BCUT2D eigenvalue weighted by atomic mass is 35.5. The lowest BCUT2D eigenvalue weighted by atomic mass is 10.4. The minimum absolute atomic E-state index is 0.258. The van der Waals surface area contributed by atoms with Crippen LogP contribution in [0.15, 0.2) is 0 Å². The van der Waals surface area contributed by atoms with Gasteiger partial charge in [0.2, 0.25) is 5.91 Å². The maximum absolute atomic E-state index is 10.3. The Bertz CT molecular complexity index is 276. The molecule has 5 nitrogen and oxygen atoms in total. The van der Waals surface area contributed by atoms with Gasteiger partial charge < -0.3 is 11.1 Å². The van der Waals surface area contributed by atoms with Gasteiger partial charge in [-0.1, -0.05) is 11.6 Å². The fourth-order valence-electron chi connectivity index (χ4n) is 0.587. The summed E-state index contributed by atoms with van der Waals surface area (Å²) < 4.78 is 7.58. The summed E-state index contributed by atoms with van der Waals surface area (Å²) in [6.07, 6.45) is 0.258. The van der Waals surface area contributed by atoms with E-state index in [-0.39, 0.29) is 12.3 Å². The number of carbonyl (C=O) groups is 1. The molecule has 1 rings (SSSR count). The molecule has 0 fully saturated rings. The molecule has 1 amide bonds. The molecule has 1 heterocycles. The second kappa shape index (κ2) is 4.22. The Hall–Kier alpha value is -0.880. The predicted molar refractivity (Wildman–Crippen MR) is 47.2 cm³/mol. The molecular weight excluding hydrogens is 200 g/mol. The minimum Gasteiger partial charge on any atom is -0.370 e. The number of hydrogen-bond acceptors (Lipinski definition) is 5. The zero-order valence-corrected chi connectivity index (χ0v) is 7.65. The largest absolute Gasteiger partial charge is 0.370 e. The predicted octanol–water partition coefficient (Wildman–Crippen LogP) is 0.479. The Morgan fingerprint density at radius 1 is 1.67 bits per heavy atom. The summed E-state index contributed by atoms with van der Waals surface area (Å²) >= 11 is 6.63. The van der Waals surface area contributed by atoms with E-state index in [9.17, 15) is 4.79 Å². The van der Waals surface area contributed by atoms with Gasteiger partial charge in [0.1, 0.15) is 0 Å². The zero-order valence-electron chi connectivity index (χ0n) is 6.08. The van der Waals surface area contributed by atoms with Gasteiger partial charge in [0.05, 0.1) is 11.7 Å². The molecule has 0 aliphatic rings. The van der Waals surface area contributed by atoms with Crippen LogP contribution in [-0.2, 0) is 4.79 Å². The lowest BCUT2D eigenvalue weighted by Crippen LogP contribution is -2.15. The van der Waals surface area contributed by atoms with Crippen LogP contribution in [0, 0.1) is 0 Å². The topological polar surface area (TPSA) is 80.9 Å². The van der Waals surface area contributed by atoms with Crippen LogP contribution in [0.4, 0.5) is 5.82 Å². The third kappa shape index (κ3) is 2.63. The van der Waals surface area contributed by atoms with Crippen LogP contribution >= 0.6 is 23.3 Å². The van der Waals surface area contributed by atoms with Gasteiger partial charge in [0.15, 0.2) is 11.0 Å². The summed E-state index contributed by atoms with van der Waals surface area (Å²) in [4.78, 5) is 10.3. The molecule has 12 heavy (non-hydrogen) atoms. The summed E-state index contributed by atoms with van der Waals surface area (Å²) in [5, 5.41) is 3.15. The van der Waals surface area contributed by atoms with Crippen LogP contribution < -0.4 is 11.1 Å². The van der Waals surface area contributed by atoms with Crippen LogP contribution in [0.5, 0.6) is 0 Å². The van der Waals surface area contributed by atoms with Crippen LogP contribution in [0.3, 0.4) is 0 Å². The van der Waals surface area contributed by atoms with E-state index >= 15 is 0 Å². The molecule has 66 valence electrons. The number of amides is 1. The average molecular weight is 207 g/mol. The number of anilines is 1. The molecule has 0 aliphatic heterocycles. The molecule has 7 heteroatoms. The van der Waals surface area contributed by atoms with E-state index < -0.39 is 0 Å². The Balaban J connectivity index is 2.33. The number of carbonyl (C=O) groups excluding carboxylic acids is 1. The minimum atomic E-state index is -0.359. The molecule has 0 saturated carbocycles. The molecule has 0 radical (unpaired) electrons. The standard InChI is InChI=1S/C5H7ClN4OS/c6-4-5(10-12-9-4)8-2-1-3(7)11/h1-2H2,(H2,7,11)(H,8,10). The van der Waals surface area contributed by atoms with E-state index in [0.29, 0.717) is 17.5 Å². The van der Waals surface area contributed by atoms with Crippen molar-refractivity contribution in [2.24, 2.45) is 5.73 Å². The third-order valence-corrected chi connectivity index (χ3v) is 2.00.